The molecule has 0 bridgehead atoms. The highest BCUT2D eigenvalue weighted by Gasteiger charge is 2.22. The number of hydrogen-bond acceptors (Lipinski definition) is 2. The quantitative estimate of drug-likeness (QED) is 0.908. The van der Waals surface area contributed by atoms with Crippen LogP contribution in [0.15, 0.2) is 39.4 Å². The van der Waals surface area contributed by atoms with Gasteiger partial charge in [-0.15, -0.1) is 0 Å². The van der Waals surface area contributed by atoms with Gasteiger partial charge in [-0.3, -0.25) is 0 Å². The maximum absolute atomic E-state index is 5.63. The van der Waals surface area contributed by atoms with Gasteiger partial charge in [0.1, 0.15) is 5.76 Å². The lowest BCUT2D eigenvalue weighted by Gasteiger charge is -2.21. The highest BCUT2D eigenvalue weighted by Crippen LogP contribution is 2.32. The maximum atomic E-state index is 5.63. The van der Waals surface area contributed by atoms with Gasteiger partial charge in [0.25, 0.3) is 0 Å². The van der Waals surface area contributed by atoms with E-state index in [0.717, 1.165) is 16.8 Å². The van der Waals surface area contributed by atoms with Crippen LogP contribution in [0.4, 0.5) is 0 Å². The van der Waals surface area contributed by atoms with Crippen LogP contribution in [0.1, 0.15) is 35.4 Å². The molecule has 2 rings (SSSR count). The average Bonchev–Trinajstić information content (AvgIpc) is 2.74. The van der Waals surface area contributed by atoms with E-state index in [4.69, 9.17) is 4.42 Å². The second-order valence-corrected chi connectivity index (χ2v) is 5.28. The van der Waals surface area contributed by atoms with Crippen molar-refractivity contribution in [3.8, 4) is 0 Å². The molecule has 2 aromatic rings. The number of furan rings is 1. The number of nitrogens with one attached hydrogen (secondary N) is 1. The molecule has 1 aromatic carbocycles. The van der Waals surface area contributed by atoms with Crippen molar-refractivity contribution in [3.63, 3.8) is 0 Å². The molecule has 0 saturated carbocycles. The van der Waals surface area contributed by atoms with Crippen molar-refractivity contribution in [2.24, 2.45) is 0 Å². The highest BCUT2D eigenvalue weighted by molar-refractivity contribution is 9.10. The molecule has 1 unspecified atom stereocenters. The zero-order valence-electron chi connectivity index (χ0n) is 11.0. The Labute approximate surface area is 117 Å². The Bertz CT molecular complexity index is 513. The first-order valence-corrected chi connectivity index (χ1v) is 6.96. The number of rotatable bonds is 4. The van der Waals surface area contributed by atoms with Gasteiger partial charge in [0.2, 0.25) is 0 Å². The van der Waals surface area contributed by atoms with Crippen LogP contribution in [0.3, 0.4) is 0 Å². The van der Waals surface area contributed by atoms with Crippen LogP contribution in [0.2, 0.25) is 0 Å². The molecule has 1 aromatic heterocycles. The van der Waals surface area contributed by atoms with Gasteiger partial charge in [-0.05, 0) is 59.1 Å². The van der Waals surface area contributed by atoms with Gasteiger partial charge in [-0.2, -0.15) is 0 Å². The van der Waals surface area contributed by atoms with E-state index < -0.39 is 0 Å². The third-order valence-electron chi connectivity index (χ3n) is 3.15. The average molecular weight is 308 g/mol. The summed E-state index contributed by atoms with van der Waals surface area (Å²) in [7, 11) is 0. The minimum atomic E-state index is 0.0978. The Hall–Kier alpha value is -1.06. The summed E-state index contributed by atoms with van der Waals surface area (Å²) in [6.45, 7) is 7.29. The lowest BCUT2D eigenvalue weighted by molar-refractivity contribution is 0.448. The third-order valence-corrected chi connectivity index (χ3v) is 3.80. The van der Waals surface area contributed by atoms with Crippen LogP contribution in [0.25, 0.3) is 0 Å². The third kappa shape index (κ3) is 2.52. The number of halogens is 1. The van der Waals surface area contributed by atoms with E-state index in [-0.39, 0.29) is 6.04 Å². The molecule has 96 valence electrons. The van der Waals surface area contributed by atoms with E-state index in [9.17, 15) is 0 Å². The predicted octanol–water partition coefficient (Wildman–Crippen LogP) is 4.36. The van der Waals surface area contributed by atoms with Crippen molar-refractivity contribution in [2.75, 3.05) is 6.54 Å². The van der Waals surface area contributed by atoms with E-state index in [1.165, 1.54) is 16.7 Å². The Morgan fingerprint density at radius 3 is 2.39 bits per heavy atom. The molecule has 0 spiro atoms. The first-order chi connectivity index (χ1) is 8.65. The van der Waals surface area contributed by atoms with Gasteiger partial charge in [-0.25, -0.2) is 0 Å². The molecule has 3 heteroatoms. The van der Waals surface area contributed by atoms with Gasteiger partial charge in [0.05, 0.1) is 16.8 Å². The van der Waals surface area contributed by atoms with Crippen LogP contribution in [0, 0.1) is 13.8 Å². The van der Waals surface area contributed by atoms with E-state index >= 15 is 0 Å². The first-order valence-electron chi connectivity index (χ1n) is 6.17. The fourth-order valence-electron chi connectivity index (χ4n) is 2.32. The SMILES string of the molecule is CCNC(c1occc1Br)c1c(C)cccc1C. The summed E-state index contributed by atoms with van der Waals surface area (Å²) in [5.41, 5.74) is 3.86. The number of hydrogen-bond donors (Lipinski definition) is 1. The van der Waals surface area contributed by atoms with Crippen molar-refractivity contribution in [1.29, 1.82) is 0 Å². The summed E-state index contributed by atoms with van der Waals surface area (Å²) in [6.07, 6.45) is 1.72. The molecule has 0 aliphatic carbocycles. The molecule has 2 nitrogen and oxygen atoms in total. The number of benzene rings is 1. The minimum absolute atomic E-state index is 0.0978. The Morgan fingerprint density at radius 2 is 1.89 bits per heavy atom. The van der Waals surface area contributed by atoms with Gasteiger partial charge >= 0.3 is 0 Å². The molecule has 1 N–H and O–H groups in total. The van der Waals surface area contributed by atoms with E-state index in [1.54, 1.807) is 6.26 Å². The predicted molar refractivity (Wildman–Crippen MR) is 77.8 cm³/mol. The van der Waals surface area contributed by atoms with Gasteiger partial charge in [0, 0.05) is 0 Å². The molecule has 0 aliphatic rings. The van der Waals surface area contributed by atoms with Crippen LogP contribution in [-0.2, 0) is 0 Å². The van der Waals surface area contributed by atoms with E-state index in [2.05, 4.69) is 60.2 Å². The lowest BCUT2D eigenvalue weighted by atomic mass is 9.94. The maximum Gasteiger partial charge on any atom is 0.139 e. The second kappa shape index (κ2) is 5.72. The summed E-state index contributed by atoms with van der Waals surface area (Å²) in [4.78, 5) is 0. The van der Waals surface area contributed by atoms with Gasteiger partial charge in [-0.1, -0.05) is 25.1 Å². The normalized spacial score (nSPS) is 12.7. The monoisotopic (exact) mass is 307 g/mol. The topological polar surface area (TPSA) is 25.2 Å². The second-order valence-electron chi connectivity index (χ2n) is 4.43. The highest BCUT2D eigenvalue weighted by atomic mass is 79.9. The standard InChI is InChI=1S/C15H18BrNO/c1-4-17-14(15-12(16)8-9-18-15)13-10(2)6-5-7-11(13)3/h5-9,14,17H,4H2,1-3H3. The van der Waals surface area contributed by atoms with Crippen LogP contribution >= 0.6 is 15.9 Å². The summed E-state index contributed by atoms with van der Waals surface area (Å²) in [5, 5.41) is 3.50. The summed E-state index contributed by atoms with van der Waals surface area (Å²) in [6, 6.07) is 8.41. The smallest absolute Gasteiger partial charge is 0.139 e. The molecule has 0 aliphatic heterocycles. The molecule has 18 heavy (non-hydrogen) atoms. The van der Waals surface area contributed by atoms with Crippen molar-refractivity contribution in [1.82, 2.24) is 5.32 Å². The van der Waals surface area contributed by atoms with E-state index in [1.807, 2.05) is 6.07 Å². The molecule has 0 fully saturated rings. The number of aryl methyl sites for hydroxylation is 2. The Balaban J connectivity index is 2.52. The van der Waals surface area contributed by atoms with E-state index in [0.29, 0.717) is 0 Å². The molecule has 1 atom stereocenters. The van der Waals surface area contributed by atoms with Crippen molar-refractivity contribution >= 4 is 15.9 Å². The lowest BCUT2D eigenvalue weighted by Crippen LogP contribution is -2.23. The summed E-state index contributed by atoms with van der Waals surface area (Å²) < 4.78 is 6.64. The van der Waals surface area contributed by atoms with Gasteiger partial charge < -0.3 is 9.73 Å². The molecule has 0 saturated heterocycles. The molecular weight excluding hydrogens is 290 g/mol. The van der Waals surface area contributed by atoms with Crippen LogP contribution in [-0.4, -0.2) is 6.54 Å². The summed E-state index contributed by atoms with van der Waals surface area (Å²) >= 11 is 3.55. The zero-order valence-corrected chi connectivity index (χ0v) is 12.5. The van der Waals surface area contributed by atoms with Crippen LogP contribution < -0.4 is 5.32 Å². The Kier molecular flexibility index (Phi) is 4.25. The van der Waals surface area contributed by atoms with Crippen molar-refractivity contribution in [3.05, 3.63) is 57.5 Å². The van der Waals surface area contributed by atoms with Crippen molar-refractivity contribution < 1.29 is 4.42 Å². The molecular formula is C15H18BrNO. The summed E-state index contributed by atoms with van der Waals surface area (Å²) in [5.74, 6) is 0.939. The minimum Gasteiger partial charge on any atom is -0.466 e. The van der Waals surface area contributed by atoms with Gasteiger partial charge in [0.15, 0.2) is 0 Å². The molecule has 0 radical (unpaired) electrons. The zero-order chi connectivity index (χ0) is 13.1. The van der Waals surface area contributed by atoms with Crippen LogP contribution in [0.5, 0.6) is 0 Å². The fraction of sp³-hybridized carbons (Fsp3) is 0.333. The molecule has 1 heterocycles. The molecule has 0 amide bonds. The largest absolute Gasteiger partial charge is 0.466 e. The Morgan fingerprint density at radius 1 is 1.22 bits per heavy atom. The fourth-order valence-corrected chi connectivity index (χ4v) is 2.75. The van der Waals surface area contributed by atoms with Crippen molar-refractivity contribution in [2.45, 2.75) is 26.8 Å². The first kappa shape index (κ1) is 13.4.